The number of nitro benzene ring substituents is 1. The fourth-order valence-corrected chi connectivity index (χ4v) is 2.14. The van der Waals surface area contributed by atoms with Gasteiger partial charge in [-0.25, -0.2) is 0 Å². The summed E-state index contributed by atoms with van der Waals surface area (Å²) in [6, 6.07) is 12.0. The van der Waals surface area contributed by atoms with Crippen molar-refractivity contribution in [1.82, 2.24) is 10.1 Å². The molecular formula is C16H13N3O4. The zero-order valence-electron chi connectivity index (χ0n) is 12.5. The second kappa shape index (κ2) is 5.88. The first-order valence-electron chi connectivity index (χ1n) is 6.82. The third kappa shape index (κ3) is 2.89. The van der Waals surface area contributed by atoms with Gasteiger partial charge in [-0.15, -0.1) is 0 Å². The van der Waals surface area contributed by atoms with Crippen molar-refractivity contribution in [2.45, 2.75) is 6.92 Å². The van der Waals surface area contributed by atoms with Crippen LogP contribution in [0.5, 0.6) is 5.75 Å². The van der Waals surface area contributed by atoms with E-state index >= 15 is 0 Å². The Kier molecular flexibility index (Phi) is 3.76. The summed E-state index contributed by atoms with van der Waals surface area (Å²) in [4.78, 5) is 14.9. The second-order valence-electron chi connectivity index (χ2n) is 4.91. The van der Waals surface area contributed by atoms with Gasteiger partial charge in [0.1, 0.15) is 5.75 Å². The lowest BCUT2D eigenvalue weighted by atomic mass is 10.1. The van der Waals surface area contributed by atoms with Crippen LogP contribution in [0.15, 0.2) is 47.0 Å². The molecule has 0 spiro atoms. The molecule has 7 heteroatoms. The first-order valence-corrected chi connectivity index (χ1v) is 6.82. The van der Waals surface area contributed by atoms with Crippen molar-refractivity contribution >= 4 is 5.69 Å². The van der Waals surface area contributed by atoms with Crippen LogP contribution in [0.25, 0.3) is 22.8 Å². The average molecular weight is 311 g/mol. The topological polar surface area (TPSA) is 91.3 Å². The number of nitrogens with zero attached hydrogens (tertiary/aromatic N) is 3. The lowest BCUT2D eigenvalue weighted by Gasteiger charge is -1.99. The zero-order valence-corrected chi connectivity index (χ0v) is 12.5. The Labute approximate surface area is 131 Å². The molecule has 0 aliphatic heterocycles. The van der Waals surface area contributed by atoms with Crippen LogP contribution >= 0.6 is 0 Å². The number of benzene rings is 2. The molecule has 3 aromatic rings. The molecule has 7 nitrogen and oxygen atoms in total. The molecule has 0 fully saturated rings. The number of hydrogen-bond acceptors (Lipinski definition) is 6. The van der Waals surface area contributed by atoms with Crippen LogP contribution in [0.1, 0.15) is 5.56 Å². The molecule has 0 atom stereocenters. The van der Waals surface area contributed by atoms with Crippen LogP contribution in [0, 0.1) is 17.0 Å². The molecule has 3 rings (SSSR count). The fourth-order valence-electron chi connectivity index (χ4n) is 2.14. The van der Waals surface area contributed by atoms with Crippen molar-refractivity contribution < 1.29 is 14.2 Å². The van der Waals surface area contributed by atoms with E-state index in [1.54, 1.807) is 38.3 Å². The Bertz CT molecular complexity index is 856. The molecule has 0 unspecified atom stereocenters. The standard InChI is InChI=1S/C16H13N3O4/c1-10-3-4-12(9-14(10)19(20)21)16-17-15(18-23-16)11-5-7-13(22-2)8-6-11/h3-9H,1-2H3. The van der Waals surface area contributed by atoms with E-state index < -0.39 is 4.92 Å². The highest BCUT2D eigenvalue weighted by molar-refractivity contribution is 5.63. The summed E-state index contributed by atoms with van der Waals surface area (Å²) >= 11 is 0. The van der Waals surface area contributed by atoms with Gasteiger partial charge in [0.2, 0.25) is 5.82 Å². The molecule has 0 saturated heterocycles. The van der Waals surface area contributed by atoms with E-state index in [4.69, 9.17) is 9.26 Å². The lowest BCUT2D eigenvalue weighted by Crippen LogP contribution is -1.92. The van der Waals surface area contributed by atoms with Gasteiger partial charge in [-0.2, -0.15) is 4.98 Å². The summed E-state index contributed by atoms with van der Waals surface area (Å²) in [5.41, 5.74) is 1.87. The molecule has 0 saturated carbocycles. The monoisotopic (exact) mass is 311 g/mol. The normalized spacial score (nSPS) is 10.5. The van der Waals surface area contributed by atoms with Crippen molar-refractivity contribution in [2.24, 2.45) is 0 Å². The van der Waals surface area contributed by atoms with Gasteiger partial charge in [-0.1, -0.05) is 11.2 Å². The maximum Gasteiger partial charge on any atom is 0.273 e. The molecule has 2 aromatic carbocycles. The fraction of sp³-hybridized carbons (Fsp3) is 0.125. The Morgan fingerprint density at radius 3 is 2.48 bits per heavy atom. The van der Waals surface area contributed by atoms with Crippen LogP contribution in [0.4, 0.5) is 5.69 Å². The van der Waals surface area contributed by atoms with Gasteiger partial charge in [0.05, 0.1) is 12.0 Å². The molecule has 116 valence electrons. The first kappa shape index (κ1) is 14.7. The van der Waals surface area contributed by atoms with Crippen molar-refractivity contribution in [1.29, 1.82) is 0 Å². The van der Waals surface area contributed by atoms with Crippen molar-refractivity contribution in [3.05, 3.63) is 58.1 Å². The van der Waals surface area contributed by atoms with Gasteiger partial charge >= 0.3 is 0 Å². The van der Waals surface area contributed by atoms with E-state index in [0.29, 0.717) is 17.0 Å². The first-order chi connectivity index (χ1) is 11.1. The van der Waals surface area contributed by atoms with Gasteiger partial charge in [0, 0.05) is 22.8 Å². The van der Waals surface area contributed by atoms with Crippen LogP contribution in [-0.2, 0) is 0 Å². The van der Waals surface area contributed by atoms with E-state index in [-0.39, 0.29) is 11.6 Å². The Balaban J connectivity index is 1.95. The number of aromatic nitrogens is 2. The molecule has 0 aliphatic rings. The Morgan fingerprint density at radius 2 is 1.83 bits per heavy atom. The molecule has 23 heavy (non-hydrogen) atoms. The lowest BCUT2D eigenvalue weighted by molar-refractivity contribution is -0.385. The minimum atomic E-state index is -0.431. The molecule has 0 bridgehead atoms. The van der Waals surface area contributed by atoms with Gasteiger partial charge in [-0.3, -0.25) is 10.1 Å². The van der Waals surface area contributed by atoms with Gasteiger partial charge in [0.25, 0.3) is 11.6 Å². The van der Waals surface area contributed by atoms with E-state index in [1.807, 2.05) is 12.1 Å². The predicted molar refractivity (Wildman–Crippen MR) is 83.1 cm³/mol. The van der Waals surface area contributed by atoms with Crippen LogP contribution in [-0.4, -0.2) is 22.2 Å². The molecule has 1 heterocycles. The summed E-state index contributed by atoms with van der Waals surface area (Å²) < 4.78 is 10.3. The average Bonchev–Trinajstić information content (AvgIpc) is 3.05. The maximum atomic E-state index is 11.0. The smallest absolute Gasteiger partial charge is 0.273 e. The number of hydrogen-bond donors (Lipinski definition) is 0. The number of methoxy groups -OCH3 is 1. The third-order valence-electron chi connectivity index (χ3n) is 3.43. The number of rotatable bonds is 4. The molecule has 0 amide bonds. The second-order valence-corrected chi connectivity index (χ2v) is 4.91. The predicted octanol–water partition coefficient (Wildman–Crippen LogP) is 3.63. The van der Waals surface area contributed by atoms with E-state index in [1.165, 1.54) is 6.07 Å². The highest BCUT2D eigenvalue weighted by Crippen LogP contribution is 2.28. The Morgan fingerprint density at radius 1 is 1.13 bits per heavy atom. The van der Waals surface area contributed by atoms with Crippen LogP contribution in [0.2, 0.25) is 0 Å². The van der Waals surface area contributed by atoms with Crippen LogP contribution in [0.3, 0.4) is 0 Å². The van der Waals surface area contributed by atoms with Gasteiger partial charge < -0.3 is 9.26 Å². The largest absolute Gasteiger partial charge is 0.497 e. The summed E-state index contributed by atoms with van der Waals surface area (Å²) in [6.07, 6.45) is 0. The zero-order chi connectivity index (χ0) is 16.4. The van der Waals surface area contributed by atoms with Crippen molar-refractivity contribution in [3.63, 3.8) is 0 Å². The van der Waals surface area contributed by atoms with E-state index in [9.17, 15) is 10.1 Å². The molecule has 0 radical (unpaired) electrons. The third-order valence-corrected chi connectivity index (χ3v) is 3.43. The summed E-state index contributed by atoms with van der Waals surface area (Å²) in [6.45, 7) is 1.68. The molecule has 1 aromatic heterocycles. The molecule has 0 aliphatic carbocycles. The van der Waals surface area contributed by atoms with E-state index in [2.05, 4.69) is 10.1 Å². The van der Waals surface area contributed by atoms with E-state index in [0.717, 1.165) is 11.3 Å². The highest BCUT2D eigenvalue weighted by Gasteiger charge is 2.16. The Hall–Kier alpha value is -3.22. The molecular weight excluding hydrogens is 298 g/mol. The van der Waals surface area contributed by atoms with Crippen molar-refractivity contribution in [2.75, 3.05) is 7.11 Å². The number of nitro groups is 1. The molecule has 0 N–H and O–H groups in total. The SMILES string of the molecule is COc1ccc(-c2noc(-c3ccc(C)c([N+](=O)[O-])c3)n2)cc1. The summed E-state index contributed by atoms with van der Waals surface area (Å²) in [5.74, 6) is 1.37. The highest BCUT2D eigenvalue weighted by atomic mass is 16.6. The summed E-state index contributed by atoms with van der Waals surface area (Å²) in [7, 11) is 1.59. The van der Waals surface area contributed by atoms with Gasteiger partial charge in [0.15, 0.2) is 0 Å². The van der Waals surface area contributed by atoms with Crippen molar-refractivity contribution in [3.8, 4) is 28.6 Å². The van der Waals surface area contributed by atoms with Crippen LogP contribution < -0.4 is 4.74 Å². The number of ether oxygens (including phenoxy) is 1. The quantitative estimate of drug-likeness (QED) is 0.539. The number of aryl methyl sites for hydroxylation is 1. The summed E-state index contributed by atoms with van der Waals surface area (Å²) in [5, 5.41) is 14.9. The minimum Gasteiger partial charge on any atom is -0.497 e. The minimum absolute atomic E-state index is 0.0201. The van der Waals surface area contributed by atoms with Gasteiger partial charge in [-0.05, 0) is 37.3 Å². The maximum absolute atomic E-state index is 11.0.